The molecule has 1 aromatic rings. The highest BCUT2D eigenvalue weighted by Crippen LogP contribution is 2.28. The third-order valence-electron chi connectivity index (χ3n) is 2.42. The molecule has 5 nitrogen and oxygen atoms in total. The van der Waals surface area contributed by atoms with Crippen molar-refractivity contribution in [3.63, 3.8) is 0 Å². The van der Waals surface area contributed by atoms with Crippen LogP contribution in [0.15, 0.2) is 29.8 Å². The molecule has 19 heavy (non-hydrogen) atoms. The first-order valence-electron chi connectivity index (χ1n) is 5.48. The molecule has 6 heteroatoms. The summed E-state index contributed by atoms with van der Waals surface area (Å²) in [6.45, 7) is 1.62. The van der Waals surface area contributed by atoms with Crippen LogP contribution in [0.4, 0.5) is 4.39 Å². The number of Topliss-reactive ketones (excluding diaryl/α,β-unsaturated/α-hetero) is 1. The minimum atomic E-state index is -1.15. The second-order valence-corrected chi connectivity index (χ2v) is 3.65. The second kappa shape index (κ2) is 5.01. The van der Waals surface area contributed by atoms with Gasteiger partial charge in [0.15, 0.2) is 11.3 Å². The summed E-state index contributed by atoms with van der Waals surface area (Å²) in [6, 6.07) is 4.86. The van der Waals surface area contributed by atoms with Gasteiger partial charge in [-0.25, -0.2) is 14.0 Å². The van der Waals surface area contributed by atoms with Crippen molar-refractivity contribution in [3.8, 4) is 0 Å². The van der Waals surface area contributed by atoms with Gasteiger partial charge in [0.05, 0.1) is 6.61 Å². The number of carbonyl (C=O) groups excluding carboxylic acids is 3. The van der Waals surface area contributed by atoms with E-state index in [0.29, 0.717) is 0 Å². The molecule has 0 saturated heterocycles. The van der Waals surface area contributed by atoms with Crippen LogP contribution in [0.2, 0.25) is 0 Å². The average molecular weight is 264 g/mol. The normalized spacial score (nSPS) is 14.6. The van der Waals surface area contributed by atoms with Crippen molar-refractivity contribution in [1.29, 1.82) is 0 Å². The first kappa shape index (κ1) is 12.9. The smallest absolute Gasteiger partial charge is 0.385 e. The molecule has 0 radical (unpaired) electrons. The zero-order valence-corrected chi connectivity index (χ0v) is 9.94. The molecule has 0 atom stereocenters. The standard InChI is InChI=1S/C13H9FO5/c1-2-18-12(16)9-10(15)13(17)19-11(9)7-3-5-8(14)6-4-7/h3-6H,2H2,1H3. The van der Waals surface area contributed by atoms with Crippen LogP contribution in [0.5, 0.6) is 0 Å². The van der Waals surface area contributed by atoms with Gasteiger partial charge in [0.25, 0.3) is 5.78 Å². The fourth-order valence-electron chi connectivity index (χ4n) is 1.59. The van der Waals surface area contributed by atoms with E-state index in [0.717, 1.165) is 12.1 Å². The first-order chi connectivity index (χ1) is 9.04. The number of halogens is 1. The van der Waals surface area contributed by atoms with Gasteiger partial charge in [0.1, 0.15) is 5.82 Å². The maximum absolute atomic E-state index is 12.8. The van der Waals surface area contributed by atoms with Gasteiger partial charge in [-0.3, -0.25) is 4.79 Å². The number of cyclic esters (lactones) is 1. The van der Waals surface area contributed by atoms with Crippen LogP contribution in [0.3, 0.4) is 0 Å². The molecule has 0 saturated carbocycles. The van der Waals surface area contributed by atoms with Crippen molar-refractivity contribution in [1.82, 2.24) is 0 Å². The highest BCUT2D eigenvalue weighted by molar-refractivity contribution is 6.51. The van der Waals surface area contributed by atoms with E-state index in [1.165, 1.54) is 12.1 Å². The number of rotatable bonds is 3. The molecule has 98 valence electrons. The number of carbonyl (C=O) groups is 3. The van der Waals surface area contributed by atoms with Crippen LogP contribution in [0.1, 0.15) is 12.5 Å². The summed E-state index contributed by atoms with van der Waals surface area (Å²) in [5.41, 5.74) is -0.206. The van der Waals surface area contributed by atoms with Gasteiger partial charge >= 0.3 is 11.9 Å². The van der Waals surface area contributed by atoms with Crippen molar-refractivity contribution >= 4 is 23.5 Å². The van der Waals surface area contributed by atoms with Gasteiger partial charge in [0.2, 0.25) is 0 Å². The Kier molecular flexibility index (Phi) is 3.41. The summed E-state index contributed by atoms with van der Waals surface area (Å²) in [4.78, 5) is 34.5. The Labute approximate surface area is 107 Å². The zero-order valence-electron chi connectivity index (χ0n) is 9.94. The van der Waals surface area contributed by atoms with Crippen LogP contribution in [0.25, 0.3) is 5.76 Å². The van der Waals surface area contributed by atoms with Crippen LogP contribution in [0, 0.1) is 5.82 Å². The third kappa shape index (κ3) is 2.37. The van der Waals surface area contributed by atoms with Gasteiger partial charge in [0, 0.05) is 5.56 Å². The second-order valence-electron chi connectivity index (χ2n) is 3.65. The topological polar surface area (TPSA) is 69.7 Å². The van der Waals surface area contributed by atoms with Crippen LogP contribution in [-0.2, 0) is 23.9 Å². The Morgan fingerprint density at radius 1 is 1.26 bits per heavy atom. The first-order valence-corrected chi connectivity index (χ1v) is 5.48. The Hall–Kier alpha value is -2.50. The Balaban J connectivity index is 2.48. The highest BCUT2D eigenvalue weighted by atomic mass is 19.1. The Morgan fingerprint density at radius 2 is 1.89 bits per heavy atom. The molecule has 0 amide bonds. The fraction of sp³-hybridized carbons (Fsp3) is 0.154. The largest absolute Gasteiger partial charge is 0.462 e. The summed E-state index contributed by atoms with van der Waals surface area (Å²) in [7, 11) is 0. The number of esters is 2. The molecule has 0 bridgehead atoms. The maximum Gasteiger partial charge on any atom is 0.385 e. The zero-order chi connectivity index (χ0) is 14.0. The van der Waals surface area contributed by atoms with Crippen molar-refractivity contribution in [2.45, 2.75) is 6.92 Å². The minimum Gasteiger partial charge on any atom is -0.462 e. The molecule has 0 fully saturated rings. The Morgan fingerprint density at radius 3 is 2.47 bits per heavy atom. The molecule has 0 unspecified atom stereocenters. The van der Waals surface area contributed by atoms with E-state index < -0.39 is 29.1 Å². The van der Waals surface area contributed by atoms with E-state index in [2.05, 4.69) is 0 Å². The van der Waals surface area contributed by atoms with Crippen LogP contribution < -0.4 is 0 Å². The molecule has 1 heterocycles. The predicted octanol–water partition coefficient (Wildman–Crippen LogP) is 1.23. The van der Waals surface area contributed by atoms with E-state index in [9.17, 15) is 18.8 Å². The van der Waals surface area contributed by atoms with E-state index in [-0.39, 0.29) is 17.9 Å². The SMILES string of the molecule is CCOC(=O)C1=C(c2ccc(F)cc2)OC(=O)C1=O. The minimum absolute atomic E-state index is 0.0561. The van der Waals surface area contributed by atoms with Crippen molar-refractivity contribution < 1.29 is 28.2 Å². The van der Waals surface area contributed by atoms with Gasteiger partial charge in [-0.05, 0) is 31.2 Å². The maximum atomic E-state index is 12.8. The lowest BCUT2D eigenvalue weighted by atomic mass is 10.1. The quantitative estimate of drug-likeness (QED) is 0.466. The van der Waals surface area contributed by atoms with E-state index in [1.807, 2.05) is 0 Å². The van der Waals surface area contributed by atoms with E-state index in [1.54, 1.807) is 6.92 Å². The molecule has 1 aromatic carbocycles. The molecule has 1 aliphatic rings. The summed E-state index contributed by atoms with van der Waals surface area (Å²) in [5, 5.41) is 0. The lowest BCUT2D eigenvalue weighted by molar-refractivity contribution is -0.147. The van der Waals surface area contributed by atoms with Crippen LogP contribution in [-0.4, -0.2) is 24.3 Å². The predicted molar refractivity (Wildman–Crippen MR) is 61.1 cm³/mol. The molecular formula is C13H9FO5. The summed E-state index contributed by atoms with van der Waals surface area (Å²) in [6.07, 6.45) is 0. The summed E-state index contributed by atoms with van der Waals surface area (Å²) in [5.74, 6) is -3.83. The Bertz CT molecular complexity index is 586. The van der Waals surface area contributed by atoms with Crippen molar-refractivity contribution in [2.24, 2.45) is 0 Å². The molecular weight excluding hydrogens is 255 g/mol. The molecule has 0 N–H and O–H groups in total. The number of ketones is 1. The molecule has 1 aliphatic heterocycles. The number of hydrogen-bond acceptors (Lipinski definition) is 5. The number of hydrogen-bond donors (Lipinski definition) is 0. The van der Waals surface area contributed by atoms with Gasteiger partial charge < -0.3 is 9.47 Å². The highest BCUT2D eigenvalue weighted by Gasteiger charge is 2.39. The summed E-state index contributed by atoms with van der Waals surface area (Å²) < 4.78 is 22.3. The fourth-order valence-corrected chi connectivity index (χ4v) is 1.59. The van der Waals surface area contributed by atoms with E-state index >= 15 is 0 Å². The number of ether oxygens (including phenoxy) is 2. The lowest BCUT2D eigenvalue weighted by Crippen LogP contribution is -2.17. The van der Waals surface area contributed by atoms with Gasteiger partial charge in [-0.2, -0.15) is 0 Å². The van der Waals surface area contributed by atoms with Gasteiger partial charge in [-0.15, -0.1) is 0 Å². The molecule has 0 spiro atoms. The van der Waals surface area contributed by atoms with Crippen LogP contribution >= 0.6 is 0 Å². The van der Waals surface area contributed by atoms with E-state index in [4.69, 9.17) is 9.47 Å². The third-order valence-corrected chi connectivity index (χ3v) is 2.42. The summed E-state index contributed by atoms with van der Waals surface area (Å²) >= 11 is 0. The number of benzene rings is 1. The molecule has 2 rings (SSSR count). The average Bonchev–Trinajstić information content (AvgIpc) is 2.67. The van der Waals surface area contributed by atoms with Crippen molar-refractivity contribution in [3.05, 3.63) is 41.2 Å². The molecule has 0 aliphatic carbocycles. The molecule has 0 aromatic heterocycles. The monoisotopic (exact) mass is 264 g/mol. The van der Waals surface area contributed by atoms with Gasteiger partial charge in [-0.1, -0.05) is 0 Å². The van der Waals surface area contributed by atoms with Crippen molar-refractivity contribution in [2.75, 3.05) is 6.61 Å². The lowest BCUT2D eigenvalue weighted by Gasteiger charge is -2.04.